The van der Waals surface area contributed by atoms with Crippen molar-refractivity contribution in [2.75, 3.05) is 6.54 Å². The van der Waals surface area contributed by atoms with Crippen LogP contribution in [-0.2, 0) is 12.8 Å². The number of likely N-dealkylation sites (tertiary alicyclic amines) is 1. The van der Waals surface area contributed by atoms with Crippen LogP contribution in [0.15, 0.2) is 10.9 Å². The predicted octanol–water partition coefficient (Wildman–Crippen LogP) is 2.12. The number of nitrogens with one attached hydrogen (secondary N) is 1. The molecule has 1 aliphatic rings. The van der Waals surface area contributed by atoms with Crippen LogP contribution in [0, 0.1) is 0 Å². The minimum atomic E-state index is -0.252. The molecule has 1 aliphatic heterocycles. The lowest BCUT2D eigenvalue weighted by molar-refractivity contribution is 0.0745. The normalized spacial score (nSPS) is 18.9. The second-order valence-corrected chi connectivity index (χ2v) is 5.21. The first-order chi connectivity index (χ1) is 9.08. The Bertz CT molecular complexity index is 533. The molecule has 0 saturated carbocycles. The molecule has 0 aromatic carbocycles. The van der Waals surface area contributed by atoms with Crippen LogP contribution in [0.5, 0.6) is 0 Å². The highest BCUT2D eigenvalue weighted by Crippen LogP contribution is 2.19. The SMILES string of the molecule is CCc1cc(C(=O)N2CCC[C@@H]2C)c(=O)[nH]c1CC. The number of nitrogens with zero attached hydrogens (tertiary/aromatic N) is 1. The summed E-state index contributed by atoms with van der Waals surface area (Å²) >= 11 is 0. The topological polar surface area (TPSA) is 53.2 Å². The summed E-state index contributed by atoms with van der Waals surface area (Å²) in [6, 6.07) is 2.02. The minimum Gasteiger partial charge on any atom is -0.336 e. The largest absolute Gasteiger partial charge is 0.336 e. The van der Waals surface area contributed by atoms with Crippen molar-refractivity contribution in [1.82, 2.24) is 9.88 Å². The van der Waals surface area contributed by atoms with Crippen molar-refractivity contribution in [2.45, 2.75) is 52.5 Å². The number of hydrogen-bond acceptors (Lipinski definition) is 2. The third-order valence-electron chi connectivity index (χ3n) is 3.99. The molecule has 4 nitrogen and oxygen atoms in total. The van der Waals surface area contributed by atoms with E-state index >= 15 is 0 Å². The lowest BCUT2D eigenvalue weighted by Gasteiger charge is -2.21. The van der Waals surface area contributed by atoms with Gasteiger partial charge in [0.15, 0.2) is 0 Å². The number of carbonyl (C=O) groups excluding carboxylic acids is 1. The molecule has 19 heavy (non-hydrogen) atoms. The van der Waals surface area contributed by atoms with Gasteiger partial charge in [0.25, 0.3) is 11.5 Å². The predicted molar refractivity (Wildman–Crippen MR) is 75.6 cm³/mol. The van der Waals surface area contributed by atoms with Gasteiger partial charge >= 0.3 is 0 Å². The molecule has 4 heteroatoms. The number of aromatic nitrogens is 1. The number of carbonyl (C=O) groups is 1. The molecule has 0 radical (unpaired) electrons. The number of amides is 1. The van der Waals surface area contributed by atoms with Gasteiger partial charge in [0.1, 0.15) is 5.56 Å². The van der Waals surface area contributed by atoms with E-state index < -0.39 is 0 Å². The van der Waals surface area contributed by atoms with Crippen LogP contribution < -0.4 is 5.56 Å². The Balaban J connectivity index is 2.39. The number of hydrogen-bond donors (Lipinski definition) is 1. The Morgan fingerprint density at radius 1 is 1.42 bits per heavy atom. The third-order valence-corrected chi connectivity index (χ3v) is 3.99. The van der Waals surface area contributed by atoms with Crippen molar-refractivity contribution >= 4 is 5.91 Å². The highest BCUT2D eigenvalue weighted by molar-refractivity contribution is 5.94. The summed E-state index contributed by atoms with van der Waals surface area (Å²) in [7, 11) is 0. The van der Waals surface area contributed by atoms with Crippen LogP contribution in [0.25, 0.3) is 0 Å². The molecule has 1 fully saturated rings. The fourth-order valence-corrected chi connectivity index (χ4v) is 2.79. The molecule has 1 aromatic rings. The second-order valence-electron chi connectivity index (χ2n) is 5.21. The second kappa shape index (κ2) is 5.59. The summed E-state index contributed by atoms with van der Waals surface area (Å²) in [6.07, 6.45) is 3.67. The van der Waals surface area contributed by atoms with E-state index in [1.165, 1.54) is 0 Å². The molecule has 1 atom stereocenters. The van der Waals surface area contributed by atoms with Crippen molar-refractivity contribution in [3.05, 3.63) is 33.2 Å². The van der Waals surface area contributed by atoms with Crippen LogP contribution in [0.3, 0.4) is 0 Å². The maximum atomic E-state index is 12.5. The van der Waals surface area contributed by atoms with Gasteiger partial charge < -0.3 is 9.88 Å². The van der Waals surface area contributed by atoms with E-state index in [0.717, 1.165) is 43.5 Å². The van der Waals surface area contributed by atoms with Gasteiger partial charge in [-0.05, 0) is 44.2 Å². The molecule has 0 unspecified atom stereocenters. The summed E-state index contributed by atoms with van der Waals surface area (Å²) in [5.41, 5.74) is 2.05. The Morgan fingerprint density at radius 3 is 2.68 bits per heavy atom. The molecule has 2 rings (SSSR count). The minimum absolute atomic E-state index is 0.122. The number of rotatable bonds is 3. The maximum absolute atomic E-state index is 12.5. The van der Waals surface area contributed by atoms with Crippen LogP contribution in [0.1, 0.15) is 55.2 Å². The fraction of sp³-hybridized carbons (Fsp3) is 0.600. The van der Waals surface area contributed by atoms with E-state index in [9.17, 15) is 9.59 Å². The van der Waals surface area contributed by atoms with E-state index in [1.807, 2.05) is 25.7 Å². The van der Waals surface area contributed by atoms with Gasteiger partial charge in [-0.25, -0.2) is 0 Å². The summed E-state index contributed by atoms with van der Waals surface area (Å²) in [5, 5.41) is 0. The van der Waals surface area contributed by atoms with E-state index in [0.29, 0.717) is 5.56 Å². The summed E-state index contributed by atoms with van der Waals surface area (Å²) in [5.74, 6) is -0.122. The monoisotopic (exact) mass is 262 g/mol. The van der Waals surface area contributed by atoms with Crippen molar-refractivity contribution in [1.29, 1.82) is 0 Å². The molecule has 0 aliphatic carbocycles. The molecule has 1 saturated heterocycles. The van der Waals surface area contributed by atoms with Crippen molar-refractivity contribution < 1.29 is 4.79 Å². The Kier molecular flexibility index (Phi) is 4.08. The van der Waals surface area contributed by atoms with E-state index in [-0.39, 0.29) is 17.5 Å². The first-order valence-corrected chi connectivity index (χ1v) is 7.14. The average molecular weight is 262 g/mol. The summed E-state index contributed by atoms with van der Waals surface area (Å²) in [4.78, 5) is 29.2. The summed E-state index contributed by atoms with van der Waals surface area (Å²) < 4.78 is 0. The molecular formula is C15H22N2O2. The fourth-order valence-electron chi connectivity index (χ4n) is 2.79. The number of H-pyrrole nitrogens is 1. The zero-order chi connectivity index (χ0) is 14.0. The zero-order valence-corrected chi connectivity index (χ0v) is 12.0. The molecule has 0 bridgehead atoms. The molecule has 1 amide bonds. The first-order valence-electron chi connectivity index (χ1n) is 7.14. The van der Waals surface area contributed by atoms with E-state index in [2.05, 4.69) is 4.98 Å². The van der Waals surface area contributed by atoms with Gasteiger partial charge in [-0.3, -0.25) is 9.59 Å². The summed E-state index contributed by atoms with van der Waals surface area (Å²) in [6.45, 7) is 6.85. The quantitative estimate of drug-likeness (QED) is 0.907. The standard InChI is InChI=1S/C15H22N2O2/c1-4-11-9-12(14(18)16-13(11)5-2)15(19)17-8-6-7-10(17)3/h9-10H,4-8H2,1-3H3,(H,16,18)/t10-/m0/s1. The third kappa shape index (κ3) is 2.57. The molecule has 104 valence electrons. The maximum Gasteiger partial charge on any atom is 0.261 e. The van der Waals surface area contributed by atoms with Crippen LogP contribution in [-0.4, -0.2) is 28.4 Å². The molecule has 1 N–H and O–H groups in total. The molecule has 1 aromatic heterocycles. The van der Waals surface area contributed by atoms with Gasteiger partial charge in [0.2, 0.25) is 0 Å². The molecular weight excluding hydrogens is 240 g/mol. The van der Waals surface area contributed by atoms with Gasteiger partial charge in [0, 0.05) is 18.3 Å². The van der Waals surface area contributed by atoms with Gasteiger partial charge in [-0.1, -0.05) is 13.8 Å². The van der Waals surface area contributed by atoms with Crippen LogP contribution >= 0.6 is 0 Å². The number of pyridine rings is 1. The van der Waals surface area contributed by atoms with Crippen LogP contribution in [0.4, 0.5) is 0 Å². The van der Waals surface area contributed by atoms with Gasteiger partial charge in [-0.15, -0.1) is 0 Å². The number of aromatic amines is 1. The lowest BCUT2D eigenvalue weighted by Crippen LogP contribution is -2.37. The molecule has 0 spiro atoms. The van der Waals surface area contributed by atoms with Crippen LogP contribution in [0.2, 0.25) is 0 Å². The van der Waals surface area contributed by atoms with Gasteiger partial charge in [-0.2, -0.15) is 0 Å². The van der Waals surface area contributed by atoms with E-state index in [1.54, 1.807) is 6.07 Å². The lowest BCUT2D eigenvalue weighted by atomic mass is 10.1. The Morgan fingerprint density at radius 2 is 2.16 bits per heavy atom. The Labute approximate surface area is 113 Å². The van der Waals surface area contributed by atoms with E-state index in [4.69, 9.17) is 0 Å². The highest BCUT2D eigenvalue weighted by atomic mass is 16.2. The van der Waals surface area contributed by atoms with Crippen molar-refractivity contribution in [3.8, 4) is 0 Å². The van der Waals surface area contributed by atoms with Crippen molar-refractivity contribution in [2.24, 2.45) is 0 Å². The molecule has 2 heterocycles. The highest BCUT2D eigenvalue weighted by Gasteiger charge is 2.27. The smallest absolute Gasteiger partial charge is 0.261 e. The number of aryl methyl sites for hydroxylation is 2. The first kappa shape index (κ1) is 13.8. The van der Waals surface area contributed by atoms with Gasteiger partial charge in [0.05, 0.1) is 0 Å². The van der Waals surface area contributed by atoms with Crippen molar-refractivity contribution in [3.63, 3.8) is 0 Å². The Hall–Kier alpha value is -1.58. The zero-order valence-electron chi connectivity index (χ0n) is 12.0. The average Bonchev–Trinajstić information content (AvgIpc) is 2.83.